The highest BCUT2D eigenvalue weighted by molar-refractivity contribution is 6.42. The quantitative estimate of drug-likeness (QED) is 0.632. The zero-order chi connectivity index (χ0) is 18.0. The summed E-state index contributed by atoms with van der Waals surface area (Å²) in [5.41, 5.74) is 2.70. The van der Waals surface area contributed by atoms with Crippen LogP contribution in [0.1, 0.15) is 24.4 Å². The van der Waals surface area contributed by atoms with E-state index in [2.05, 4.69) is 15.5 Å². The van der Waals surface area contributed by atoms with Gasteiger partial charge in [0, 0.05) is 5.56 Å². The lowest BCUT2D eigenvalue weighted by molar-refractivity contribution is 0.415. The van der Waals surface area contributed by atoms with E-state index in [-0.39, 0.29) is 6.04 Å². The summed E-state index contributed by atoms with van der Waals surface area (Å²) in [5, 5.41) is 12.5. The second-order valence-electron chi connectivity index (χ2n) is 5.64. The highest BCUT2D eigenvalue weighted by Crippen LogP contribution is 2.31. The van der Waals surface area contributed by atoms with Crippen molar-refractivity contribution in [3.05, 3.63) is 57.9 Å². The van der Waals surface area contributed by atoms with E-state index < -0.39 is 0 Å². The van der Waals surface area contributed by atoms with Crippen molar-refractivity contribution in [2.24, 2.45) is 0 Å². The van der Waals surface area contributed by atoms with E-state index in [1.807, 2.05) is 32.0 Å². The van der Waals surface area contributed by atoms with Gasteiger partial charge in [-0.15, -0.1) is 10.2 Å². The van der Waals surface area contributed by atoms with Gasteiger partial charge in [0.15, 0.2) is 0 Å². The molecule has 0 aliphatic heterocycles. The van der Waals surface area contributed by atoms with E-state index in [1.54, 1.807) is 25.3 Å². The number of anilines is 1. The van der Waals surface area contributed by atoms with Crippen LogP contribution in [0.2, 0.25) is 10.0 Å². The van der Waals surface area contributed by atoms with Gasteiger partial charge in [-0.05, 0) is 49.7 Å². The van der Waals surface area contributed by atoms with Crippen LogP contribution in [0.25, 0.3) is 11.5 Å². The Balaban J connectivity index is 1.82. The van der Waals surface area contributed by atoms with Crippen LogP contribution in [0.4, 0.5) is 5.69 Å². The molecule has 5 nitrogen and oxygen atoms in total. The molecule has 0 amide bonds. The van der Waals surface area contributed by atoms with Crippen LogP contribution in [0, 0.1) is 6.92 Å². The number of aromatic nitrogens is 2. The maximum absolute atomic E-state index is 6.04. The third-order valence-electron chi connectivity index (χ3n) is 3.70. The topological polar surface area (TPSA) is 60.2 Å². The summed E-state index contributed by atoms with van der Waals surface area (Å²) >= 11 is 12.0. The summed E-state index contributed by atoms with van der Waals surface area (Å²) in [4.78, 5) is 0. The summed E-state index contributed by atoms with van der Waals surface area (Å²) in [5.74, 6) is 1.60. The molecule has 0 aliphatic carbocycles. The van der Waals surface area contributed by atoms with E-state index in [4.69, 9.17) is 32.4 Å². The molecule has 130 valence electrons. The molecule has 0 radical (unpaired) electrons. The van der Waals surface area contributed by atoms with Crippen molar-refractivity contribution in [3.8, 4) is 17.2 Å². The first-order valence-electron chi connectivity index (χ1n) is 7.68. The predicted octanol–water partition coefficient (Wildman–Crippen LogP) is 5.53. The average molecular weight is 378 g/mol. The summed E-state index contributed by atoms with van der Waals surface area (Å²) in [6.45, 7) is 3.96. The molecule has 0 saturated carbocycles. The molecule has 0 saturated heterocycles. The molecule has 1 heterocycles. The predicted molar refractivity (Wildman–Crippen MR) is 99.5 cm³/mol. The molecule has 1 aromatic heterocycles. The third-order valence-corrected chi connectivity index (χ3v) is 4.44. The molecule has 3 aromatic rings. The lowest BCUT2D eigenvalue weighted by Crippen LogP contribution is -2.08. The maximum atomic E-state index is 6.04. The first-order valence-corrected chi connectivity index (χ1v) is 8.43. The second-order valence-corrected chi connectivity index (χ2v) is 6.46. The van der Waals surface area contributed by atoms with Crippen molar-refractivity contribution < 1.29 is 9.15 Å². The number of nitrogens with zero attached hydrogens (tertiary/aromatic N) is 2. The third kappa shape index (κ3) is 3.89. The summed E-state index contributed by atoms with van der Waals surface area (Å²) < 4.78 is 11.2. The first-order chi connectivity index (χ1) is 12.0. The number of ether oxygens (including phenoxy) is 1. The Labute approximate surface area is 155 Å². The second kappa shape index (κ2) is 7.33. The fourth-order valence-corrected chi connectivity index (χ4v) is 2.68. The molecule has 0 fully saturated rings. The number of rotatable bonds is 5. The molecule has 2 aromatic carbocycles. The normalized spacial score (nSPS) is 12.0. The minimum absolute atomic E-state index is 0.195. The van der Waals surface area contributed by atoms with Gasteiger partial charge in [0.25, 0.3) is 0 Å². The first kappa shape index (κ1) is 17.6. The Morgan fingerprint density at radius 3 is 2.60 bits per heavy atom. The fraction of sp³-hybridized carbons (Fsp3) is 0.222. The Bertz CT molecular complexity index is 896. The van der Waals surface area contributed by atoms with Gasteiger partial charge >= 0.3 is 0 Å². The highest BCUT2D eigenvalue weighted by atomic mass is 35.5. The average Bonchev–Trinajstić information content (AvgIpc) is 3.08. The van der Waals surface area contributed by atoms with Gasteiger partial charge in [-0.25, -0.2) is 0 Å². The van der Waals surface area contributed by atoms with E-state index in [0.717, 1.165) is 17.0 Å². The van der Waals surface area contributed by atoms with Gasteiger partial charge in [0.05, 0.1) is 22.8 Å². The molecule has 0 spiro atoms. The lowest BCUT2D eigenvalue weighted by Gasteiger charge is -2.15. The highest BCUT2D eigenvalue weighted by Gasteiger charge is 2.17. The van der Waals surface area contributed by atoms with E-state index in [1.165, 1.54) is 0 Å². The zero-order valence-electron chi connectivity index (χ0n) is 14.0. The molecule has 25 heavy (non-hydrogen) atoms. The van der Waals surface area contributed by atoms with Crippen molar-refractivity contribution in [3.63, 3.8) is 0 Å². The van der Waals surface area contributed by atoms with Crippen LogP contribution in [0.5, 0.6) is 5.75 Å². The summed E-state index contributed by atoms with van der Waals surface area (Å²) in [6, 6.07) is 10.9. The van der Waals surface area contributed by atoms with Crippen LogP contribution in [0.15, 0.2) is 40.8 Å². The van der Waals surface area contributed by atoms with Crippen LogP contribution in [-0.2, 0) is 0 Å². The molecular weight excluding hydrogens is 361 g/mol. The Morgan fingerprint density at radius 1 is 1.08 bits per heavy atom. The SMILES string of the molecule is COc1ccc(C)cc1N[C@H](C)c1nnc(-c2ccc(Cl)c(Cl)c2)o1. The molecule has 0 aliphatic rings. The Kier molecular flexibility index (Phi) is 5.16. The minimum Gasteiger partial charge on any atom is -0.495 e. The van der Waals surface area contributed by atoms with Crippen LogP contribution in [-0.4, -0.2) is 17.3 Å². The smallest absolute Gasteiger partial charge is 0.247 e. The number of benzene rings is 2. The summed E-state index contributed by atoms with van der Waals surface area (Å²) in [7, 11) is 1.63. The van der Waals surface area contributed by atoms with Crippen molar-refractivity contribution in [2.45, 2.75) is 19.9 Å². The molecule has 3 rings (SSSR count). The van der Waals surface area contributed by atoms with Crippen molar-refractivity contribution in [2.75, 3.05) is 12.4 Å². The number of halogens is 2. The van der Waals surface area contributed by atoms with Gasteiger partial charge in [-0.2, -0.15) is 0 Å². The van der Waals surface area contributed by atoms with Crippen molar-refractivity contribution in [1.82, 2.24) is 10.2 Å². The molecule has 0 unspecified atom stereocenters. The van der Waals surface area contributed by atoms with E-state index in [9.17, 15) is 0 Å². The zero-order valence-corrected chi connectivity index (χ0v) is 15.5. The van der Waals surface area contributed by atoms with Crippen molar-refractivity contribution >= 4 is 28.9 Å². The van der Waals surface area contributed by atoms with Crippen LogP contribution >= 0.6 is 23.2 Å². The van der Waals surface area contributed by atoms with E-state index in [0.29, 0.717) is 27.4 Å². The number of methoxy groups -OCH3 is 1. The molecular formula is C18H17Cl2N3O2. The van der Waals surface area contributed by atoms with Crippen LogP contribution < -0.4 is 10.1 Å². The van der Waals surface area contributed by atoms with Gasteiger partial charge in [0.1, 0.15) is 11.8 Å². The van der Waals surface area contributed by atoms with Gasteiger partial charge < -0.3 is 14.5 Å². The molecule has 1 N–H and O–H groups in total. The largest absolute Gasteiger partial charge is 0.495 e. The minimum atomic E-state index is -0.195. The fourth-order valence-electron chi connectivity index (χ4n) is 2.38. The van der Waals surface area contributed by atoms with Crippen molar-refractivity contribution in [1.29, 1.82) is 0 Å². The number of hydrogen-bond acceptors (Lipinski definition) is 5. The Morgan fingerprint density at radius 2 is 1.88 bits per heavy atom. The van der Waals surface area contributed by atoms with Crippen LogP contribution in [0.3, 0.4) is 0 Å². The summed E-state index contributed by atoms with van der Waals surface area (Å²) in [6.07, 6.45) is 0. The number of aryl methyl sites for hydroxylation is 1. The standard InChI is InChI=1S/C18H17Cl2N3O2/c1-10-4-7-16(24-3)15(8-10)21-11(2)17-22-23-18(25-17)12-5-6-13(19)14(20)9-12/h4-9,11,21H,1-3H3/t11-/m1/s1. The Hall–Kier alpha value is -2.24. The molecule has 1 atom stereocenters. The number of nitrogens with one attached hydrogen (secondary N) is 1. The molecule has 0 bridgehead atoms. The maximum Gasteiger partial charge on any atom is 0.247 e. The van der Waals surface area contributed by atoms with E-state index >= 15 is 0 Å². The molecule has 7 heteroatoms. The monoisotopic (exact) mass is 377 g/mol. The van der Waals surface area contributed by atoms with Gasteiger partial charge in [-0.1, -0.05) is 29.3 Å². The van der Waals surface area contributed by atoms with Gasteiger partial charge in [-0.3, -0.25) is 0 Å². The lowest BCUT2D eigenvalue weighted by atomic mass is 10.2. The van der Waals surface area contributed by atoms with Gasteiger partial charge in [0.2, 0.25) is 11.8 Å². The number of hydrogen-bond donors (Lipinski definition) is 1.